The molecule has 3 heteroatoms. The standard InChI is InChI=1S/C18H18N2O/c1-20(2)11-15-8-6-14(7-9-15)10-19-18-5-3-4-16-12-21-13-17(16)18/h3-10,12-13H,11H2,1-2H3. The van der Waals surface area contributed by atoms with E-state index < -0.39 is 0 Å². The quantitative estimate of drug-likeness (QED) is 0.668. The molecule has 0 radical (unpaired) electrons. The average Bonchev–Trinajstić information content (AvgIpc) is 2.95. The van der Waals surface area contributed by atoms with Gasteiger partial charge < -0.3 is 9.32 Å². The van der Waals surface area contributed by atoms with Crippen molar-refractivity contribution in [1.82, 2.24) is 4.90 Å². The van der Waals surface area contributed by atoms with Crippen molar-refractivity contribution in [2.75, 3.05) is 14.1 Å². The zero-order valence-electron chi connectivity index (χ0n) is 12.3. The van der Waals surface area contributed by atoms with Crippen molar-refractivity contribution in [3.63, 3.8) is 0 Å². The van der Waals surface area contributed by atoms with Crippen LogP contribution >= 0.6 is 0 Å². The summed E-state index contributed by atoms with van der Waals surface area (Å²) in [4.78, 5) is 6.73. The van der Waals surface area contributed by atoms with Crippen LogP contribution in [-0.2, 0) is 6.54 Å². The van der Waals surface area contributed by atoms with Gasteiger partial charge in [0.1, 0.15) is 6.26 Å². The van der Waals surface area contributed by atoms with Gasteiger partial charge in [-0.05, 0) is 31.3 Å². The number of benzene rings is 2. The Morgan fingerprint density at radius 1 is 1.05 bits per heavy atom. The lowest BCUT2D eigenvalue weighted by Gasteiger charge is -2.09. The smallest absolute Gasteiger partial charge is 0.100 e. The predicted octanol–water partition coefficient (Wildman–Crippen LogP) is 4.25. The lowest BCUT2D eigenvalue weighted by molar-refractivity contribution is 0.402. The molecular weight excluding hydrogens is 260 g/mol. The van der Waals surface area contributed by atoms with Crippen LogP contribution in [0.15, 0.2) is 64.4 Å². The van der Waals surface area contributed by atoms with Gasteiger partial charge in [0.2, 0.25) is 0 Å². The molecule has 0 aliphatic rings. The number of fused-ring (bicyclic) bond motifs is 1. The molecule has 0 saturated carbocycles. The van der Waals surface area contributed by atoms with Crippen LogP contribution in [0.25, 0.3) is 10.8 Å². The monoisotopic (exact) mass is 278 g/mol. The highest BCUT2D eigenvalue weighted by molar-refractivity contribution is 5.94. The lowest BCUT2D eigenvalue weighted by atomic mass is 10.1. The lowest BCUT2D eigenvalue weighted by Crippen LogP contribution is -2.10. The van der Waals surface area contributed by atoms with Crippen molar-refractivity contribution in [1.29, 1.82) is 0 Å². The normalized spacial score (nSPS) is 11.8. The molecule has 0 N–H and O–H groups in total. The topological polar surface area (TPSA) is 28.7 Å². The number of nitrogens with zero attached hydrogens (tertiary/aromatic N) is 2. The second-order valence-corrected chi connectivity index (χ2v) is 5.39. The first kappa shape index (κ1) is 13.6. The molecule has 0 unspecified atom stereocenters. The number of furan rings is 1. The van der Waals surface area contributed by atoms with Crippen LogP contribution in [0.4, 0.5) is 5.69 Å². The largest absolute Gasteiger partial charge is 0.471 e. The highest BCUT2D eigenvalue weighted by Crippen LogP contribution is 2.26. The molecule has 2 aromatic carbocycles. The molecule has 3 aromatic rings. The third-order valence-electron chi connectivity index (χ3n) is 3.33. The fourth-order valence-electron chi connectivity index (χ4n) is 2.31. The van der Waals surface area contributed by atoms with Gasteiger partial charge in [-0.25, -0.2) is 0 Å². The zero-order valence-corrected chi connectivity index (χ0v) is 12.3. The highest BCUT2D eigenvalue weighted by Gasteiger charge is 2.00. The second kappa shape index (κ2) is 5.94. The van der Waals surface area contributed by atoms with Crippen molar-refractivity contribution in [3.8, 4) is 0 Å². The summed E-state index contributed by atoms with van der Waals surface area (Å²) in [6.07, 6.45) is 5.37. The molecule has 0 amide bonds. The Hall–Kier alpha value is -2.39. The van der Waals surface area contributed by atoms with E-state index in [2.05, 4.69) is 48.3 Å². The summed E-state index contributed by atoms with van der Waals surface area (Å²) in [5.41, 5.74) is 3.32. The van der Waals surface area contributed by atoms with Crippen molar-refractivity contribution in [3.05, 3.63) is 66.1 Å². The van der Waals surface area contributed by atoms with Crippen LogP contribution in [0, 0.1) is 0 Å². The first-order valence-electron chi connectivity index (χ1n) is 6.95. The fraction of sp³-hybridized carbons (Fsp3) is 0.167. The molecular formula is C18H18N2O. The van der Waals surface area contributed by atoms with Gasteiger partial charge in [-0.15, -0.1) is 0 Å². The Balaban J connectivity index is 1.81. The van der Waals surface area contributed by atoms with Crippen molar-refractivity contribution in [2.45, 2.75) is 6.54 Å². The van der Waals surface area contributed by atoms with Crippen LogP contribution in [-0.4, -0.2) is 25.2 Å². The van der Waals surface area contributed by atoms with E-state index in [9.17, 15) is 0 Å². The maximum absolute atomic E-state index is 5.23. The Morgan fingerprint density at radius 3 is 2.62 bits per heavy atom. The summed E-state index contributed by atoms with van der Waals surface area (Å²) in [5.74, 6) is 0. The molecule has 106 valence electrons. The van der Waals surface area contributed by atoms with Gasteiger partial charge in [0.15, 0.2) is 0 Å². The Bertz CT molecular complexity index is 754. The second-order valence-electron chi connectivity index (χ2n) is 5.39. The molecule has 0 saturated heterocycles. The predicted molar refractivity (Wildman–Crippen MR) is 87.3 cm³/mol. The van der Waals surface area contributed by atoms with Crippen LogP contribution in [0.2, 0.25) is 0 Å². The molecule has 0 aliphatic heterocycles. The van der Waals surface area contributed by atoms with E-state index in [0.29, 0.717) is 0 Å². The summed E-state index contributed by atoms with van der Waals surface area (Å²) < 4.78 is 5.23. The Kier molecular flexibility index (Phi) is 3.84. The molecule has 0 atom stereocenters. The number of hydrogen-bond donors (Lipinski definition) is 0. The Labute approximate surface area is 124 Å². The van der Waals surface area contributed by atoms with Gasteiger partial charge in [-0.2, -0.15) is 0 Å². The molecule has 0 spiro atoms. The third-order valence-corrected chi connectivity index (χ3v) is 3.33. The van der Waals surface area contributed by atoms with Crippen LogP contribution in [0.1, 0.15) is 11.1 Å². The van der Waals surface area contributed by atoms with Crippen LogP contribution in [0.5, 0.6) is 0 Å². The molecule has 0 fully saturated rings. The molecule has 1 aromatic heterocycles. The fourth-order valence-corrected chi connectivity index (χ4v) is 2.31. The summed E-state index contributed by atoms with van der Waals surface area (Å²) in [6.45, 7) is 0.950. The highest BCUT2D eigenvalue weighted by atomic mass is 16.3. The van der Waals surface area contributed by atoms with Gasteiger partial charge in [-0.3, -0.25) is 4.99 Å². The van der Waals surface area contributed by atoms with E-state index >= 15 is 0 Å². The van der Waals surface area contributed by atoms with Crippen molar-refractivity contribution < 1.29 is 4.42 Å². The van der Waals surface area contributed by atoms with Crippen molar-refractivity contribution in [2.24, 2.45) is 4.99 Å². The first-order chi connectivity index (χ1) is 10.2. The zero-order chi connectivity index (χ0) is 14.7. The summed E-state index contributed by atoms with van der Waals surface area (Å²) >= 11 is 0. The van der Waals surface area contributed by atoms with E-state index in [1.54, 1.807) is 12.5 Å². The maximum Gasteiger partial charge on any atom is 0.100 e. The molecule has 1 heterocycles. The molecule has 0 aliphatic carbocycles. The van der Waals surface area contributed by atoms with Gasteiger partial charge >= 0.3 is 0 Å². The molecule has 21 heavy (non-hydrogen) atoms. The van der Waals surface area contributed by atoms with Crippen LogP contribution < -0.4 is 0 Å². The molecule has 3 rings (SSSR count). The average molecular weight is 278 g/mol. The summed E-state index contributed by atoms with van der Waals surface area (Å²) in [6, 6.07) is 14.5. The number of hydrogen-bond acceptors (Lipinski definition) is 3. The maximum atomic E-state index is 5.23. The summed E-state index contributed by atoms with van der Waals surface area (Å²) in [5, 5.41) is 2.11. The minimum absolute atomic E-state index is 0.929. The van der Waals surface area contributed by atoms with E-state index in [0.717, 1.165) is 28.6 Å². The van der Waals surface area contributed by atoms with Crippen molar-refractivity contribution >= 4 is 22.7 Å². The van der Waals surface area contributed by atoms with E-state index in [1.807, 2.05) is 24.4 Å². The number of aliphatic imine (C=N–C) groups is 1. The third kappa shape index (κ3) is 3.20. The van der Waals surface area contributed by atoms with Gasteiger partial charge in [0.05, 0.1) is 12.0 Å². The van der Waals surface area contributed by atoms with Gasteiger partial charge in [0.25, 0.3) is 0 Å². The van der Waals surface area contributed by atoms with Gasteiger partial charge in [0, 0.05) is 23.5 Å². The van der Waals surface area contributed by atoms with E-state index in [-0.39, 0.29) is 0 Å². The van der Waals surface area contributed by atoms with E-state index in [4.69, 9.17) is 4.42 Å². The Morgan fingerprint density at radius 2 is 1.86 bits per heavy atom. The summed E-state index contributed by atoms with van der Waals surface area (Å²) in [7, 11) is 4.14. The first-order valence-corrected chi connectivity index (χ1v) is 6.95. The van der Waals surface area contributed by atoms with Crippen LogP contribution in [0.3, 0.4) is 0 Å². The molecule has 0 bridgehead atoms. The SMILES string of the molecule is CN(C)Cc1ccc(C=Nc2cccc3cocc23)cc1. The minimum atomic E-state index is 0.929. The minimum Gasteiger partial charge on any atom is -0.471 e. The van der Waals surface area contributed by atoms with E-state index in [1.165, 1.54) is 5.56 Å². The molecule has 3 nitrogen and oxygen atoms in total. The van der Waals surface area contributed by atoms with Gasteiger partial charge in [-0.1, -0.05) is 36.4 Å². The number of rotatable bonds is 4.